The normalized spacial score (nSPS) is 10.3. The Hall–Kier alpha value is -3.34. The molecule has 0 radical (unpaired) electrons. The number of carbonyl (C=O) groups is 1. The van der Waals surface area contributed by atoms with Crippen molar-refractivity contribution in [1.82, 2.24) is 9.88 Å². The molecule has 5 nitrogen and oxygen atoms in total. The van der Waals surface area contributed by atoms with E-state index in [2.05, 4.69) is 10.3 Å². The zero-order valence-electron chi connectivity index (χ0n) is 15.6. The van der Waals surface area contributed by atoms with E-state index in [-0.39, 0.29) is 5.91 Å². The highest BCUT2D eigenvalue weighted by atomic mass is 16.5. The van der Waals surface area contributed by atoms with Crippen molar-refractivity contribution < 1.29 is 9.53 Å². The number of ether oxygens (including phenoxy) is 1. The number of nitrogens with zero attached hydrogens (tertiary/aromatic N) is 2. The maximum Gasteiger partial charge on any atom is 0.272 e. The third-order valence-electron chi connectivity index (χ3n) is 4.24. The van der Waals surface area contributed by atoms with Crippen molar-refractivity contribution in [3.05, 3.63) is 89.7 Å². The smallest absolute Gasteiger partial charge is 0.272 e. The van der Waals surface area contributed by atoms with Crippen molar-refractivity contribution in [2.24, 2.45) is 0 Å². The van der Waals surface area contributed by atoms with Gasteiger partial charge in [0.25, 0.3) is 5.91 Å². The molecule has 0 atom stereocenters. The monoisotopic (exact) mass is 361 g/mol. The zero-order chi connectivity index (χ0) is 19.1. The Labute approximate surface area is 159 Å². The van der Waals surface area contributed by atoms with Gasteiger partial charge >= 0.3 is 0 Å². The molecule has 3 aromatic rings. The van der Waals surface area contributed by atoms with Crippen molar-refractivity contribution in [1.29, 1.82) is 0 Å². The van der Waals surface area contributed by atoms with E-state index in [0.717, 1.165) is 22.6 Å². The number of anilines is 1. The van der Waals surface area contributed by atoms with Crippen LogP contribution in [0.5, 0.6) is 5.75 Å². The average molecular weight is 361 g/mol. The number of aromatic nitrogens is 1. The first-order valence-corrected chi connectivity index (χ1v) is 8.78. The molecule has 1 amide bonds. The van der Waals surface area contributed by atoms with E-state index in [4.69, 9.17) is 4.74 Å². The zero-order valence-corrected chi connectivity index (χ0v) is 15.6. The Kier molecular flexibility index (Phi) is 6.05. The van der Waals surface area contributed by atoms with Gasteiger partial charge in [0.15, 0.2) is 0 Å². The van der Waals surface area contributed by atoms with Crippen LogP contribution in [0.4, 0.5) is 5.69 Å². The Morgan fingerprint density at radius 2 is 1.78 bits per heavy atom. The van der Waals surface area contributed by atoms with Gasteiger partial charge in [-0.3, -0.25) is 9.78 Å². The number of amides is 1. The van der Waals surface area contributed by atoms with Crippen molar-refractivity contribution in [3.8, 4) is 5.75 Å². The first-order valence-electron chi connectivity index (χ1n) is 8.78. The molecule has 27 heavy (non-hydrogen) atoms. The lowest BCUT2D eigenvalue weighted by molar-refractivity contribution is 0.0779. The second-order valence-electron chi connectivity index (χ2n) is 6.28. The molecule has 2 aromatic carbocycles. The van der Waals surface area contributed by atoms with Gasteiger partial charge in [0.2, 0.25) is 0 Å². The highest BCUT2D eigenvalue weighted by Crippen LogP contribution is 2.15. The number of nitrogens with one attached hydrogen (secondary N) is 1. The molecule has 1 heterocycles. The number of carbonyl (C=O) groups excluding carboxylic acids is 1. The number of hydrogen-bond acceptors (Lipinski definition) is 4. The number of rotatable bonds is 7. The van der Waals surface area contributed by atoms with E-state index in [0.29, 0.717) is 18.8 Å². The maximum atomic E-state index is 12.7. The Balaban J connectivity index is 1.62. The van der Waals surface area contributed by atoms with Gasteiger partial charge < -0.3 is 15.0 Å². The predicted molar refractivity (Wildman–Crippen MR) is 107 cm³/mol. The SMILES string of the molecule is COc1ccc(CNc2ccnc(C(=O)N(C)Cc3ccccc3)c2)cc1. The van der Waals surface area contributed by atoms with Gasteiger partial charge in [0, 0.05) is 32.0 Å². The van der Waals surface area contributed by atoms with Gasteiger partial charge in [-0.05, 0) is 35.4 Å². The summed E-state index contributed by atoms with van der Waals surface area (Å²) >= 11 is 0. The summed E-state index contributed by atoms with van der Waals surface area (Å²) in [7, 11) is 3.44. The molecule has 0 saturated heterocycles. The van der Waals surface area contributed by atoms with E-state index < -0.39 is 0 Å². The lowest BCUT2D eigenvalue weighted by Gasteiger charge is -2.17. The Morgan fingerprint density at radius 1 is 1.04 bits per heavy atom. The molecular formula is C22H23N3O2. The van der Waals surface area contributed by atoms with E-state index in [1.54, 1.807) is 31.3 Å². The highest BCUT2D eigenvalue weighted by Gasteiger charge is 2.14. The van der Waals surface area contributed by atoms with Crippen LogP contribution in [0.15, 0.2) is 72.9 Å². The van der Waals surface area contributed by atoms with Crippen LogP contribution >= 0.6 is 0 Å². The Morgan fingerprint density at radius 3 is 2.48 bits per heavy atom. The van der Waals surface area contributed by atoms with E-state index in [1.807, 2.05) is 60.7 Å². The van der Waals surface area contributed by atoms with Gasteiger partial charge in [-0.2, -0.15) is 0 Å². The van der Waals surface area contributed by atoms with Gasteiger partial charge in [-0.25, -0.2) is 0 Å². The quantitative estimate of drug-likeness (QED) is 0.692. The molecule has 0 spiro atoms. The first-order chi connectivity index (χ1) is 13.2. The fourth-order valence-electron chi connectivity index (χ4n) is 2.73. The minimum Gasteiger partial charge on any atom is -0.497 e. The van der Waals surface area contributed by atoms with Crippen molar-refractivity contribution in [3.63, 3.8) is 0 Å². The van der Waals surface area contributed by atoms with Crippen LogP contribution in [0.25, 0.3) is 0 Å². The van der Waals surface area contributed by atoms with Gasteiger partial charge in [-0.1, -0.05) is 42.5 Å². The third kappa shape index (κ3) is 5.07. The molecule has 5 heteroatoms. The molecule has 1 aromatic heterocycles. The van der Waals surface area contributed by atoms with Crippen LogP contribution in [0.3, 0.4) is 0 Å². The van der Waals surface area contributed by atoms with Crippen molar-refractivity contribution in [2.75, 3.05) is 19.5 Å². The fraction of sp³-hybridized carbons (Fsp3) is 0.182. The summed E-state index contributed by atoms with van der Waals surface area (Å²) in [5, 5.41) is 3.33. The van der Waals surface area contributed by atoms with Crippen LogP contribution in [0.1, 0.15) is 21.6 Å². The standard InChI is InChI=1S/C22H23N3O2/c1-25(16-18-6-4-3-5-7-18)22(26)21-14-19(12-13-23-21)24-15-17-8-10-20(27-2)11-9-17/h3-14H,15-16H2,1-2H3,(H,23,24). The predicted octanol–water partition coefficient (Wildman–Crippen LogP) is 3.97. The van der Waals surface area contributed by atoms with Gasteiger partial charge in [0.05, 0.1) is 7.11 Å². The molecule has 138 valence electrons. The summed E-state index contributed by atoms with van der Waals surface area (Å²) in [5.74, 6) is 0.726. The first kappa shape index (κ1) is 18.5. The summed E-state index contributed by atoms with van der Waals surface area (Å²) in [4.78, 5) is 18.6. The molecule has 0 unspecified atom stereocenters. The second kappa shape index (κ2) is 8.85. The van der Waals surface area contributed by atoms with Crippen LogP contribution < -0.4 is 10.1 Å². The minimum atomic E-state index is -0.105. The summed E-state index contributed by atoms with van der Waals surface area (Å²) in [6.07, 6.45) is 1.65. The molecule has 0 aliphatic rings. The average Bonchev–Trinajstić information content (AvgIpc) is 2.73. The summed E-state index contributed by atoms with van der Waals surface area (Å²) < 4.78 is 5.17. The summed E-state index contributed by atoms with van der Waals surface area (Å²) in [6.45, 7) is 1.20. The molecular weight excluding hydrogens is 338 g/mol. The number of benzene rings is 2. The third-order valence-corrected chi connectivity index (χ3v) is 4.24. The molecule has 0 bridgehead atoms. The molecule has 0 saturated carbocycles. The molecule has 0 aliphatic heterocycles. The molecule has 3 rings (SSSR count). The topological polar surface area (TPSA) is 54.5 Å². The van der Waals surface area contributed by atoms with Gasteiger partial charge in [-0.15, -0.1) is 0 Å². The minimum absolute atomic E-state index is 0.105. The maximum absolute atomic E-state index is 12.7. The number of methoxy groups -OCH3 is 1. The van der Waals surface area contributed by atoms with Crippen molar-refractivity contribution in [2.45, 2.75) is 13.1 Å². The van der Waals surface area contributed by atoms with E-state index in [9.17, 15) is 4.79 Å². The summed E-state index contributed by atoms with van der Waals surface area (Å²) in [6, 6.07) is 21.4. The lowest BCUT2D eigenvalue weighted by Crippen LogP contribution is -2.27. The lowest BCUT2D eigenvalue weighted by atomic mass is 10.2. The van der Waals surface area contributed by atoms with Crippen molar-refractivity contribution >= 4 is 11.6 Å². The largest absolute Gasteiger partial charge is 0.497 e. The number of hydrogen-bond donors (Lipinski definition) is 1. The summed E-state index contributed by atoms with van der Waals surface area (Å²) in [5.41, 5.74) is 3.49. The Bertz CT molecular complexity index is 880. The van der Waals surface area contributed by atoms with Crippen LogP contribution in [0.2, 0.25) is 0 Å². The van der Waals surface area contributed by atoms with Crippen LogP contribution in [-0.4, -0.2) is 29.9 Å². The molecule has 0 fully saturated rings. The van der Waals surface area contributed by atoms with Crippen LogP contribution in [0, 0.1) is 0 Å². The fourth-order valence-corrected chi connectivity index (χ4v) is 2.73. The molecule has 0 aliphatic carbocycles. The molecule has 1 N–H and O–H groups in total. The second-order valence-corrected chi connectivity index (χ2v) is 6.28. The number of pyridine rings is 1. The van der Waals surface area contributed by atoms with Crippen LogP contribution in [-0.2, 0) is 13.1 Å². The van der Waals surface area contributed by atoms with E-state index >= 15 is 0 Å². The highest BCUT2D eigenvalue weighted by molar-refractivity contribution is 5.92. The van der Waals surface area contributed by atoms with Gasteiger partial charge in [0.1, 0.15) is 11.4 Å². The van der Waals surface area contributed by atoms with E-state index in [1.165, 1.54) is 0 Å².